The highest BCUT2D eigenvalue weighted by Crippen LogP contribution is 2.69. The van der Waals surface area contributed by atoms with E-state index in [1.54, 1.807) is 118 Å². The molecule has 0 saturated heterocycles. The zero-order valence-corrected chi connectivity index (χ0v) is 65.5. The van der Waals surface area contributed by atoms with E-state index in [0.29, 0.717) is 0 Å². The van der Waals surface area contributed by atoms with Crippen LogP contribution < -0.4 is 0 Å². The molecular weight excluding hydrogens is 1690 g/mol. The zero-order chi connectivity index (χ0) is 39.1. The van der Waals surface area contributed by atoms with Crippen LogP contribution in [-0.4, -0.2) is 5.75 Å². The summed E-state index contributed by atoms with van der Waals surface area (Å²) in [6, 6.07) is 0. The molecule has 0 aliphatic rings. The molecule has 326 valence electrons. The van der Waals surface area contributed by atoms with Crippen LogP contribution in [0.5, 0.6) is 0 Å². The summed E-state index contributed by atoms with van der Waals surface area (Å²) < 4.78 is 0. The second-order valence-electron chi connectivity index (χ2n) is 4.12. The van der Waals surface area contributed by atoms with Gasteiger partial charge in [-0.3, -0.25) is 0 Å². The SMILES string of the molecule is CCS(=S)(=S)SSSSSSSSSSSSSSSSSSSSSSSSSSSSSSSSSSSSSSSSSSSSSSSSS. The van der Waals surface area contributed by atoms with Crippen LogP contribution >= 0.6 is 483 Å². The molecule has 52 heteroatoms. The molecule has 0 amide bonds. The Kier molecular flexibility index (Phi) is 86.9. The summed E-state index contributed by atoms with van der Waals surface area (Å²) >= 11 is 14.9. The largest absolute Gasteiger partial charge is 0.0988 e. The summed E-state index contributed by atoms with van der Waals surface area (Å²) in [5, 5.41) is 0. The lowest BCUT2D eigenvalue weighted by Gasteiger charge is -2.03. The predicted molar refractivity (Wildman–Crippen MR) is 406 cm³/mol. The molecule has 0 aromatic carbocycles. The van der Waals surface area contributed by atoms with Gasteiger partial charge in [-0.1, -0.05) is 18.6 Å². The van der Waals surface area contributed by atoms with Crippen molar-refractivity contribution in [2.24, 2.45) is 0 Å². The number of rotatable bonds is 49. The molecule has 0 atom stereocenters. The lowest BCUT2D eigenvalue weighted by Crippen LogP contribution is -1.88. The molecule has 0 aromatic rings. The molecule has 54 heavy (non-hydrogen) atoms. The third-order valence-corrected chi connectivity index (χ3v) is 115. The van der Waals surface area contributed by atoms with Crippen molar-refractivity contribution in [3.05, 3.63) is 0 Å². The van der Waals surface area contributed by atoms with E-state index in [1.165, 1.54) is 9.83 Å². The van der Waals surface area contributed by atoms with Crippen LogP contribution in [0.1, 0.15) is 6.92 Å². The minimum absolute atomic E-state index is 0.914. The van der Waals surface area contributed by atoms with E-state index in [-0.39, 0.29) is 0 Å². The zero-order valence-electron chi connectivity index (χ0n) is 23.0. The molecule has 0 fully saturated rings. The van der Waals surface area contributed by atoms with Gasteiger partial charge in [0, 0.05) is 320 Å². The highest BCUT2D eigenvalue weighted by atomic mass is 34.1. The maximum atomic E-state index is 5.39. The van der Waals surface area contributed by atoms with Gasteiger partial charge in [0.2, 0.25) is 0 Å². The minimum Gasteiger partial charge on any atom is -0.0988 e. The molecule has 0 unspecified atom stereocenters. The maximum Gasteiger partial charge on any atom is 0.00918 e. The van der Waals surface area contributed by atoms with Crippen LogP contribution in [0.3, 0.4) is 0 Å². The summed E-state index contributed by atoms with van der Waals surface area (Å²) in [7, 11) is 86.4. The first-order valence-electron chi connectivity index (χ1n) is 9.51. The molecule has 0 radical (unpaired) electrons. The Labute approximate surface area is 510 Å². The summed E-state index contributed by atoms with van der Waals surface area (Å²) in [6.45, 7) is 2.08. The van der Waals surface area contributed by atoms with E-state index < -0.39 is 6.18 Å². The van der Waals surface area contributed by atoms with Gasteiger partial charge in [-0.25, -0.2) is 0 Å². The van der Waals surface area contributed by atoms with Gasteiger partial charge in [0.1, 0.15) is 0 Å². The summed E-state index contributed by atoms with van der Waals surface area (Å²) in [4.78, 5) is 0. The van der Waals surface area contributed by atoms with Crippen molar-refractivity contribution in [3.63, 3.8) is 0 Å². The van der Waals surface area contributed by atoms with Crippen molar-refractivity contribution in [1.29, 1.82) is 0 Å². The molecule has 0 spiro atoms. The Morgan fingerprint density at radius 1 is 0.259 bits per heavy atom. The van der Waals surface area contributed by atoms with E-state index in [0.717, 1.165) is 5.75 Å². The highest BCUT2D eigenvalue weighted by molar-refractivity contribution is 9.63. The average molecular weight is 1700 g/mol. The third kappa shape index (κ3) is 66.1. The van der Waals surface area contributed by atoms with Crippen molar-refractivity contribution in [2.75, 3.05) is 5.75 Å². The van der Waals surface area contributed by atoms with Gasteiger partial charge < -0.3 is 0 Å². The monoisotopic (exact) mass is 1690 g/mol. The minimum atomic E-state index is -1.30. The molecule has 0 aliphatic carbocycles. The standard InChI is InChI=1S/C2H6S52/c1-2-54(4,5)53-52-51-50-49-48-47-46-45-44-43-42-41-40-39-38-37-36-35-34-33-32-31-30-29-28-27-26-25-24-23-22-21-20-19-18-17-16-15-14-13-12-11-10-9-8-7-6-3/h3H,2H2,1H3. The van der Waals surface area contributed by atoms with Gasteiger partial charge in [0.25, 0.3) is 0 Å². The second-order valence-corrected chi connectivity index (χ2v) is 97.9. The molecule has 0 nitrogen and oxygen atoms in total. The van der Waals surface area contributed by atoms with E-state index in [1.807, 2.05) is 344 Å². The lowest BCUT2D eigenvalue weighted by molar-refractivity contribution is 1.54. The first kappa shape index (κ1) is 71.9. The van der Waals surface area contributed by atoms with Gasteiger partial charge in [0.15, 0.2) is 0 Å². The van der Waals surface area contributed by atoms with Crippen molar-refractivity contribution in [2.45, 2.75) is 6.92 Å². The molecule has 0 bridgehead atoms. The molecular formula is C2H6S52. The van der Waals surface area contributed by atoms with Gasteiger partial charge in [-0.05, 0) is 186 Å². The number of thiol groups is 1. The fourth-order valence-electron chi connectivity index (χ4n) is 0.613. The fraction of sp³-hybridized carbons (Fsp3) is 1.00. The van der Waals surface area contributed by atoms with Crippen LogP contribution in [0.25, 0.3) is 0 Å². The molecule has 0 N–H and O–H groups in total. The van der Waals surface area contributed by atoms with E-state index >= 15 is 0 Å². The second kappa shape index (κ2) is 65.2. The Bertz CT molecular complexity index is 754. The Hall–Kier alpha value is 17.9. The molecule has 0 heterocycles. The normalized spacial score (nSPS) is 12.0. The van der Waals surface area contributed by atoms with Crippen LogP contribution in [0.2, 0.25) is 0 Å². The number of hydrogen-bond acceptors (Lipinski definition) is 51. The first-order valence-corrected chi connectivity index (χ1v) is 78.2. The summed E-state index contributed by atoms with van der Waals surface area (Å²) in [6.07, 6.45) is -1.30. The highest BCUT2D eigenvalue weighted by Gasteiger charge is 2.05. The van der Waals surface area contributed by atoms with Gasteiger partial charge >= 0.3 is 0 Å². The van der Waals surface area contributed by atoms with Crippen LogP contribution in [0, 0.1) is 0 Å². The van der Waals surface area contributed by atoms with Gasteiger partial charge in [0.05, 0.1) is 0 Å². The summed E-state index contributed by atoms with van der Waals surface area (Å²) in [5.74, 6) is 0.914. The predicted octanol–water partition coefficient (Wildman–Crippen LogP) is 32.0. The van der Waals surface area contributed by atoms with Crippen molar-refractivity contribution in [3.8, 4) is 0 Å². The van der Waals surface area contributed by atoms with E-state index in [4.69, 9.17) is 22.4 Å². The molecule has 0 rings (SSSR count). The fourth-order valence-corrected chi connectivity index (χ4v) is 135. The Balaban J connectivity index is 3.08. The molecule has 0 saturated carbocycles. The van der Waals surface area contributed by atoms with Crippen LogP contribution in [0.4, 0.5) is 0 Å². The van der Waals surface area contributed by atoms with Crippen molar-refractivity contribution >= 4 is 512 Å². The van der Waals surface area contributed by atoms with Crippen LogP contribution in [0.15, 0.2) is 0 Å². The van der Waals surface area contributed by atoms with Gasteiger partial charge in [-0.2, -0.15) is 0 Å². The Morgan fingerprint density at radius 3 is 0.519 bits per heavy atom. The number of hydrogen-bond donors (Lipinski definition) is 1. The van der Waals surface area contributed by atoms with Gasteiger partial charge in [-0.15, -0.1) is 0 Å². The molecule has 0 aromatic heterocycles. The third-order valence-electron chi connectivity index (χ3n) is 1.77. The van der Waals surface area contributed by atoms with Crippen molar-refractivity contribution in [1.82, 2.24) is 0 Å². The quantitative estimate of drug-likeness (QED) is 0.0349. The summed E-state index contributed by atoms with van der Waals surface area (Å²) in [5.41, 5.74) is 0. The van der Waals surface area contributed by atoms with Crippen molar-refractivity contribution < 1.29 is 0 Å². The maximum absolute atomic E-state index is 5.39. The smallest absolute Gasteiger partial charge is 0.00918 e. The van der Waals surface area contributed by atoms with Crippen LogP contribution in [-0.2, 0) is 28.6 Å². The topological polar surface area (TPSA) is 0 Å². The first-order chi connectivity index (χ1) is 26.6. The lowest BCUT2D eigenvalue weighted by atomic mass is 11.0. The average Bonchev–Trinajstić information content (AvgIpc) is 3.17. The van der Waals surface area contributed by atoms with E-state index in [9.17, 15) is 0 Å². The van der Waals surface area contributed by atoms with E-state index in [2.05, 4.69) is 18.6 Å². The Morgan fingerprint density at radius 2 is 0.389 bits per heavy atom. The molecule has 0 aliphatic heterocycles.